The SMILES string of the molecule is COc1ccc(CN2C(=O)C3C=CC=NC3=[N+](Cc3cccc([N+](=O)[O-])c3)C2=O)cc1. The van der Waals surface area contributed by atoms with Gasteiger partial charge in [-0.05, 0) is 29.3 Å². The van der Waals surface area contributed by atoms with Gasteiger partial charge in [0.05, 0.1) is 12.0 Å². The molecule has 2 aromatic carbocycles. The van der Waals surface area contributed by atoms with Gasteiger partial charge in [0.1, 0.15) is 25.1 Å². The van der Waals surface area contributed by atoms with Crippen molar-refractivity contribution in [1.82, 2.24) is 4.90 Å². The molecule has 3 amide bonds. The van der Waals surface area contributed by atoms with Crippen molar-refractivity contribution in [1.29, 1.82) is 0 Å². The number of nitro benzene ring substituents is 1. The number of methoxy groups -OCH3 is 1. The van der Waals surface area contributed by atoms with E-state index >= 15 is 0 Å². The minimum absolute atomic E-state index is 0.0594. The standard InChI is InChI=1S/C22H19N4O5/c1-31-18-9-7-15(8-10-18)13-25-21(27)19-6-3-11-23-20(19)24(22(25)28)14-16-4-2-5-17(12-16)26(29)30/h2-12,19H,13-14H2,1H3/q+1. The van der Waals surface area contributed by atoms with Crippen LogP contribution in [-0.2, 0) is 17.9 Å². The first kappa shape index (κ1) is 20.1. The fourth-order valence-electron chi connectivity index (χ4n) is 3.54. The lowest BCUT2D eigenvalue weighted by atomic mass is 10.0. The number of hydrogen-bond donors (Lipinski definition) is 0. The summed E-state index contributed by atoms with van der Waals surface area (Å²) >= 11 is 0. The summed E-state index contributed by atoms with van der Waals surface area (Å²) in [5.74, 6) is -0.0682. The molecule has 4 rings (SSSR count). The number of fused-ring (bicyclic) bond motifs is 1. The largest absolute Gasteiger partial charge is 0.497 e. The molecule has 156 valence electrons. The number of hydrogen-bond acceptors (Lipinski definition) is 6. The Morgan fingerprint density at radius 3 is 2.65 bits per heavy atom. The van der Waals surface area contributed by atoms with Crippen molar-refractivity contribution >= 4 is 29.7 Å². The van der Waals surface area contributed by atoms with Crippen molar-refractivity contribution < 1.29 is 23.8 Å². The van der Waals surface area contributed by atoms with E-state index in [0.29, 0.717) is 17.1 Å². The quantitative estimate of drug-likeness (QED) is 0.407. The van der Waals surface area contributed by atoms with E-state index in [1.165, 1.54) is 27.8 Å². The highest BCUT2D eigenvalue weighted by Crippen LogP contribution is 2.23. The van der Waals surface area contributed by atoms with Crippen molar-refractivity contribution in [3.63, 3.8) is 0 Å². The minimum Gasteiger partial charge on any atom is -0.497 e. The van der Waals surface area contributed by atoms with Crippen molar-refractivity contribution in [3.05, 3.63) is 81.9 Å². The summed E-state index contributed by atoms with van der Waals surface area (Å²) in [6, 6.07) is 12.6. The average molecular weight is 419 g/mol. The Hall–Kier alpha value is -4.14. The third kappa shape index (κ3) is 3.97. The molecule has 0 spiro atoms. The first-order valence-electron chi connectivity index (χ1n) is 9.55. The van der Waals surface area contributed by atoms with Crippen LogP contribution in [0.15, 0.2) is 65.7 Å². The van der Waals surface area contributed by atoms with Crippen LogP contribution in [0.2, 0.25) is 0 Å². The van der Waals surface area contributed by atoms with Gasteiger partial charge < -0.3 is 4.74 Å². The van der Waals surface area contributed by atoms with Gasteiger partial charge in [0.15, 0.2) is 5.92 Å². The van der Waals surface area contributed by atoms with E-state index in [-0.39, 0.29) is 24.7 Å². The first-order chi connectivity index (χ1) is 15.0. The molecule has 1 unspecified atom stereocenters. The van der Waals surface area contributed by atoms with Crippen LogP contribution in [0.3, 0.4) is 0 Å². The summed E-state index contributed by atoms with van der Waals surface area (Å²) < 4.78 is 6.55. The molecule has 0 bridgehead atoms. The number of allylic oxidation sites excluding steroid dienone is 1. The number of carbonyl (C=O) groups is 2. The van der Waals surface area contributed by atoms with Gasteiger partial charge in [0.2, 0.25) is 0 Å². The number of rotatable bonds is 6. The molecule has 0 fully saturated rings. The van der Waals surface area contributed by atoms with Crippen molar-refractivity contribution in [2.24, 2.45) is 10.9 Å². The van der Waals surface area contributed by atoms with Gasteiger partial charge in [-0.25, -0.2) is 4.79 Å². The topological polar surface area (TPSA) is 105 Å². The highest BCUT2D eigenvalue weighted by molar-refractivity contribution is 6.14. The smallest absolute Gasteiger partial charge is 0.446 e. The Kier molecular flexibility index (Phi) is 5.40. The maximum Gasteiger partial charge on any atom is 0.446 e. The molecule has 0 saturated heterocycles. The van der Waals surface area contributed by atoms with E-state index in [0.717, 1.165) is 5.56 Å². The molecule has 0 saturated carbocycles. The Labute approximate surface area is 177 Å². The molecule has 2 aromatic rings. The minimum atomic E-state index is -0.695. The van der Waals surface area contributed by atoms with Gasteiger partial charge in [-0.1, -0.05) is 30.3 Å². The van der Waals surface area contributed by atoms with Crippen LogP contribution in [0.1, 0.15) is 11.1 Å². The van der Waals surface area contributed by atoms with E-state index < -0.39 is 16.9 Å². The zero-order chi connectivity index (χ0) is 22.0. The molecule has 0 aliphatic carbocycles. The number of carbonyl (C=O) groups excluding carboxylic acids is 2. The molecule has 9 nitrogen and oxygen atoms in total. The molecule has 2 aliphatic heterocycles. The lowest BCUT2D eigenvalue weighted by molar-refractivity contribution is -0.458. The highest BCUT2D eigenvalue weighted by atomic mass is 16.6. The molecule has 2 heterocycles. The zero-order valence-electron chi connectivity index (χ0n) is 16.7. The lowest BCUT2D eigenvalue weighted by Crippen LogP contribution is -2.53. The van der Waals surface area contributed by atoms with E-state index in [9.17, 15) is 19.7 Å². The van der Waals surface area contributed by atoms with Crippen LogP contribution in [-0.4, -0.2) is 45.5 Å². The first-order valence-corrected chi connectivity index (χ1v) is 9.55. The summed E-state index contributed by atoms with van der Waals surface area (Å²) in [6.45, 7) is 0.151. The third-order valence-corrected chi connectivity index (χ3v) is 5.11. The second-order valence-electron chi connectivity index (χ2n) is 7.07. The number of nitro groups is 1. The number of dihydropyridines is 1. The van der Waals surface area contributed by atoms with Crippen LogP contribution in [0.25, 0.3) is 0 Å². The second kappa shape index (κ2) is 8.31. The van der Waals surface area contributed by atoms with Gasteiger partial charge in [-0.2, -0.15) is 9.48 Å². The van der Waals surface area contributed by atoms with Crippen LogP contribution < -0.4 is 4.74 Å². The zero-order valence-corrected chi connectivity index (χ0v) is 16.7. The van der Waals surface area contributed by atoms with Gasteiger partial charge in [0.25, 0.3) is 11.5 Å². The monoisotopic (exact) mass is 419 g/mol. The number of amides is 3. The Morgan fingerprint density at radius 1 is 1.16 bits per heavy atom. The molecule has 0 N–H and O–H groups in total. The molecular formula is C22H19N4O5+. The van der Waals surface area contributed by atoms with Gasteiger partial charge in [-0.3, -0.25) is 14.9 Å². The van der Waals surface area contributed by atoms with Crippen molar-refractivity contribution in [2.75, 3.05) is 7.11 Å². The number of amidine groups is 1. The predicted molar refractivity (Wildman–Crippen MR) is 112 cm³/mol. The molecule has 9 heteroatoms. The van der Waals surface area contributed by atoms with E-state index in [1.807, 2.05) is 0 Å². The molecule has 0 aromatic heterocycles. The number of urea groups is 1. The normalized spacial score (nSPS) is 17.7. The van der Waals surface area contributed by atoms with Crippen LogP contribution in [0, 0.1) is 16.0 Å². The second-order valence-corrected chi connectivity index (χ2v) is 7.07. The predicted octanol–water partition coefficient (Wildman–Crippen LogP) is 2.93. The average Bonchev–Trinajstić information content (AvgIpc) is 2.80. The number of ether oxygens (including phenoxy) is 1. The number of aliphatic imine (C=N–C) groups is 1. The highest BCUT2D eigenvalue weighted by Gasteiger charge is 2.46. The van der Waals surface area contributed by atoms with Crippen LogP contribution in [0.4, 0.5) is 10.5 Å². The van der Waals surface area contributed by atoms with Gasteiger partial charge in [0, 0.05) is 12.1 Å². The third-order valence-electron chi connectivity index (χ3n) is 5.11. The Morgan fingerprint density at radius 2 is 1.94 bits per heavy atom. The van der Waals surface area contributed by atoms with Crippen molar-refractivity contribution in [2.45, 2.75) is 13.1 Å². The van der Waals surface area contributed by atoms with E-state index in [1.54, 1.807) is 55.7 Å². The summed E-state index contributed by atoms with van der Waals surface area (Å²) in [5.41, 5.74) is 1.27. The number of imide groups is 1. The number of non-ortho nitro benzene ring substituents is 1. The van der Waals surface area contributed by atoms with Gasteiger partial charge in [-0.15, -0.1) is 4.99 Å². The maximum absolute atomic E-state index is 13.3. The maximum atomic E-state index is 13.3. The molecular weight excluding hydrogens is 400 g/mol. The Balaban J connectivity index is 1.68. The molecule has 0 radical (unpaired) electrons. The van der Waals surface area contributed by atoms with E-state index in [4.69, 9.17) is 4.74 Å². The number of benzene rings is 2. The molecule has 31 heavy (non-hydrogen) atoms. The summed E-state index contributed by atoms with van der Waals surface area (Å²) in [5, 5.41) is 11.1. The van der Waals surface area contributed by atoms with Crippen molar-refractivity contribution in [3.8, 4) is 5.75 Å². The Bertz CT molecular complexity index is 1150. The fourth-order valence-corrected chi connectivity index (χ4v) is 3.54. The number of nitrogens with zero attached hydrogens (tertiary/aromatic N) is 4. The van der Waals surface area contributed by atoms with Crippen LogP contribution in [0.5, 0.6) is 5.75 Å². The molecule has 1 atom stereocenters. The van der Waals surface area contributed by atoms with Gasteiger partial charge >= 0.3 is 11.9 Å². The summed E-state index contributed by atoms with van der Waals surface area (Å²) in [7, 11) is 1.56. The summed E-state index contributed by atoms with van der Waals surface area (Å²) in [4.78, 5) is 42.4. The lowest BCUT2D eigenvalue weighted by Gasteiger charge is -2.27. The van der Waals surface area contributed by atoms with Crippen LogP contribution >= 0.6 is 0 Å². The fraction of sp³-hybridized carbons (Fsp3) is 0.182. The summed E-state index contributed by atoms with van der Waals surface area (Å²) in [6.07, 6.45) is 4.88. The van der Waals surface area contributed by atoms with E-state index in [2.05, 4.69) is 4.99 Å². The molecule has 2 aliphatic rings.